The second-order valence-corrected chi connectivity index (χ2v) is 4.96. The number of hydrogen-bond donors (Lipinski definition) is 1. The summed E-state index contributed by atoms with van der Waals surface area (Å²) in [4.78, 5) is 8.80. The first-order valence-corrected chi connectivity index (χ1v) is 5.73. The highest BCUT2D eigenvalue weighted by atomic mass is 79.9. The van der Waals surface area contributed by atoms with E-state index in [1.54, 1.807) is 0 Å². The van der Waals surface area contributed by atoms with Gasteiger partial charge in [-0.3, -0.25) is 10.1 Å². The summed E-state index contributed by atoms with van der Waals surface area (Å²) in [5, 5.41) is 15.1. The number of hydrogen-bond acceptors (Lipinski definition) is 4. The molecule has 2 N–H and O–H groups in total. The number of primary sulfonamides is 1. The summed E-state index contributed by atoms with van der Waals surface area (Å²) in [5.41, 5.74) is -0.951. The summed E-state index contributed by atoms with van der Waals surface area (Å²) in [6.45, 7) is 0. The zero-order chi connectivity index (χ0) is 11.8. The molecule has 0 aliphatic heterocycles. The van der Waals surface area contributed by atoms with Gasteiger partial charge in [-0.05, 0) is 22.0 Å². The average Bonchev–Trinajstić information content (AvgIpc) is 2.06. The van der Waals surface area contributed by atoms with Crippen molar-refractivity contribution >= 4 is 31.6 Å². The molecular weight excluding hydrogens is 295 g/mol. The van der Waals surface area contributed by atoms with Gasteiger partial charge in [-0.1, -0.05) is 0 Å². The van der Waals surface area contributed by atoms with Gasteiger partial charge in [-0.15, -0.1) is 0 Å². The van der Waals surface area contributed by atoms with Crippen LogP contribution in [0.4, 0.5) is 10.1 Å². The first-order valence-electron chi connectivity index (χ1n) is 3.39. The Kier molecular flexibility index (Phi) is 3.07. The zero-order valence-corrected chi connectivity index (χ0v) is 9.38. The van der Waals surface area contributed by atoms with Crippen LogP contribution in [0, 0.1) is 15.9 Å². The van der Waals surface area contributed by atoms with Gasteiger partial charge in [0.1, 0.15) is 0 Å². The van der Waals surface area contributed by atoms with Crippen LogP contribution in [0.5, 0.6) is 0 Å². The third-order valence-electron chi connectivity index (χ3n) is 1.51. The van der Waals surface area contributed by atoms with E-state index in [1.165, 1.54) is 0 Å². The molecule has 0 spiro atoms. The van der Waals surface area contributed by atoms with Crippen molar-refractivity contribution in [3.63, 3.8) is 0 Å². The molecule has 6 nitrogen and oxygen atoms in total. The van der Waals surface area contributed by atoms with E-state index in [9.17, 15) is 22.9 Å². The Morgan fingerprint density at radius 1 is 1.47 bits per heavy atom. The molecule has 1 aromatic rings. The molecule has 0 bridgehead atoms. The minimum Gasteiger partial charge on any atom is -0.258 e. The van der Waals surface area contributed by atoms with Gasteiger partial charge in [0.25, 0.3) is 0 Å². The molecule has 1 rings (SSSR count). The molecule has 0 aliphatic carbocycles. The normalized spacial score (nSPS) is 11.4. The molecule has 0 aliphatic rings. The average molecular weight is 299 g/mol. The second-order valence-electron chi connectivity index (χ2n) is 2.54. The first kappa shape index (κ1) is 12.0. The fraction of sp³-hybridized carbons (Fsp3) is 0. The molecule has 9 heteroatoms. The van der Waals surface area contributed by atoms with Crippen LogP contribution in [0.3, 0.4) is 0 Å². The number of halogens is 2. The second kappa shape index (κ2) is 3.83. The van der Waals surface area contributed by atoms with E-state index in [2.05, 4.69) is 15.9 Å². The summed E-state index contributed by atoms with van der Waals surface area (Å²) in [6.07, 6.45) is 0. The van der Waals surface area contributed by atoms with E-state index in [0.717, 1.165) is 6.07 Å². The van der Waals surface area contributed by atoms with Crippen molar-refractivity contribution in [3.8, 4) is 0 Å². The lowest BCUT2D eigenvalue weighted by Crippen LogP contribution is -2.13. The molecule has 0 atom stereocenters. The van der Waals surface area contributed by atoms with Gasteiger partial charge in [0.2, 0.25) is 15.8 Å². The predicted octanol–water partition coefficient (Wildman–Crippen LogP) is 1.14. The maximum absolute atomic E-state index is 13.1. The highest BCUT2D eigenvalue weighted by molar-refractivity contribution is 9.10. The molecule has 0 fully saturated rings. The van der Waals surface area contributed by atoms with Crippen molar-refractivity contribution < 1.29 is 17.7 Å². The largest absolute Gasteiger partial charge is 0.307 e. The monoisotopic (exact) mass is 298 g/mol. The fourth-order valence-electron chi connectivity index (χ4n) is 0.848. The molecule has 15 heavy (non-hydrogen) atoms. The van der Waals surface area contributed by atoms with E-state index in [-0.39, 0.29) is 4.47 Å². The van der Waals surface area contributed by atoms with Crippen LogP contribution in [0.15, 0.2) is 21.5 Å². The summed E-state index contributed by atoms with van der Waals surface area (Å²) < 4.78 is 34.5. The van der Waals surface area contributed by atoms with Crippen LogP contribution in [-0.2, 0) is 10.0 Å². The number of nitrogens with zero attached hydrogens (tertiary/aromatic N) is 1. The maximum atomic E-state index is 13.1. The topological polar surface area (TPSA) is 103 Å². The molecule has 1 aromatic carbocycles. The Bertz CT molecular complexity index is 530. The van der Waals surface area contributed by atoms with E-state index in [4.69, 9.17) is 5.14 Å². The summed E-state index contributed by atoms with van der Waals surface area (Å²) in [7, 11) is -4.10. The zero-order valence-electron chi connectivity index (χ0n) is 6.98. The highest BCUT2D eigenvalue weighted by Crippen LogP contribution is 2.28. The third kappa shape index (κ3) is 2.49. The van der Waals surface area contributed by atoms with Gasteiger partial charge in [-0.25, -0.2) is 13.6 Å². The van der Waals surface area contributed by atoms with Crippen LogP contribution >= 0.6 is 15.9 Å². The Hall–Kier alpha value is -1.06. The smallest absolute Gasteiger partial charge is 0.258 e. The summed E-state index contributed by atoms with van der Waals surface area (Å²) in [5.74, 6) is -1.15. The number of nitro groups is 1. The third-order valence-corrected chi connectivity index (χ3v) is 2.98. The molecule has 0 saturated heterocycles. The predicted molar refractivity (Wildman–Crippen MR) is 52.1 cm³/mol. The molecular formula is C6H4BrFN2O4S. The molecule has 0 radical (unpaired) electrons. The van der Waals surface area contributed by atoms with E-state index < -0.39 is 31.3 Å². The van der Waals surface area contributed by atoms with Crippen LogP contribution in [0.1, 0.15) is 0 Å². The van der Waals surface area contributed by atoms with Gasteiger partial charge in [-0.2, -0.15) is 4.39 Å². The van der Waals surface area contributed by atoms with Crippen molar-refractivity contribution in [2.45, 2.75) is 4.90 Å². The Labute approximate surface area is 92.2 Å². The van der Waals surface area contributed by atoms with Crippen molar-refractivity contribution in [3.05, 3.63) is 32.5 Å². The quantitative estimate of drug-likeness (QED) is 0.653. The lowest BCUT2D eigenvalue weighted by Gasteiger charge is -2.01. The van der Waals surface area contributed by atoms with Gasteiger partial charge in [0.15, 0.2) is 0 Å². The highest BCUT2D eigenvalue weighted by Gasteiger charge is 2.22. The number of rotatable bonds is 2. The van der Waals surface area contributed by atoms with E-state index >= 15 is 0 Å². The molecule has 0 saturated carbocycles. The van der Waals surface area contributed by atoms with Gasteiger partial charge in [0.05, 0.1) is 14.3 Å². The summed E-state index contributed by atoms with van der Waals surface area (Å²) >= 11 is 2.66. The number of sulfonamides is 1. The van der Waals surface area contributed by atoms with Gasteiger partial charge in [0, 0.05) is 6.07 Å². The molecule has 0 amide bonds. The molecule has 82 valence electrons. The van der Waals surface area contributed by atoms with Gasteiger partial charge >= 0.3 is 5.69 Å². The molecule has 0 aromatic heterocycles. The van der Waals surface area contributed by atoms with E-state index in [1.807, 2.05) is 0 Å². The van der Waals surface area contributed by atoms with Crippen LogP contribution in [0.2, 0.25) is 0 Å². The molecule has 0 unspecified atom stereocenters. The first-order chi connectivity index (χ1) is 6.73. The lowest BCUT2D eigenvalue weighted by molar-refractivity contribution is -0.387. The Morgan fingerprint density at radius 2 is 2.00 bits per heavy atom. The van der Waals surface area contributed by atoms with E-state index in [0.29, 0.717) is 6.07 Å². The summed E-state index contributed by atoms with van der Waals surface area (Å²) in [6, 6.07) is 1.42. The van der Waals surface area contributed by atoms with Gasteiger partial charge < -0.3 is 0 Å². The molecule has 0 heterocycles. The van der Waals surface area contributed by atoms with Crippen LogP contribution in [0.25, 0.3) is 0 Å². The minimum absolute atomic E-state index is 0.333. The van der Waals surface area contributed by atoms with Crippen LogP contribution < -0.4 is 5.14 Å². The van der Waals surface area contributed by atoms with Crippen molar-refractivity contribution in [2.75, 3.05) is 0 Å². The standard InChI is InChI=1S/C6H4BrFN2O4S/c7-4-1-3(15(9,13)14)2-5(6(4)8)10(11)12/h1-2H,(H2,9,13,14). The fourth-order valence-corrected chi connectivity index (χ4v) is 2.01. The number of benzene rings is 1. The SMILES string of the molecule is NS(=O)(=O)c1cc(Br)c(F)c([N+](=O)[O-])c1. The van der Waals surface area contributed by atoms with Crippen molar-refractivity contribution in [1.82, 2.24) is 0 Å². The maximum Gasteiger partial charge on any atom is 0.307 e. The Morgan fingerprint density at radius 3 is 2.40 bits per heavy atom. The number of nitrogens with two attached hydrogens (primary N) is 1. The number of nitro benzene ring substituents is 1. The van der Waals surface area contributed by atoms with Crippen LogP contribution in [-0.4, -0.2) is 13.3 Å². The lowest BCUT2D eigenvalue weighted by atomic mass is 10.3. The Balaban J connectivity index is 3.57. The van der Waals surface area contributed by atoms with Crippen molar-refractivity contribution in [2.24, 2.45) is 5.14 Å². The minimum atomic E-state index is -4.10. The van der Waals surface area contributed by atoms with Crippen molar-refractivity contribution in [1.29, 1.82) is 0 Å².